The van der Waals surface area contributed by atoms with Crippen LogP contribution >= 0.6 is 0 Å². The van der Waals surface area contributed by atoms with Gasteiger partial charge in [-0.2, -0.15) is 0 Å². The van der Waals surface area contributed by atoms with Gasteiger partial charge in [0.15, 0.2) is 6.29 Å². The minimum atomic E-state index is 0.609. The summed E-state index contributed by atoms with van der Waals surface area (Å²) in [7, 11) is 0. The Bertz CT molecular complexity index is 148. The quantitative estimate of drug-likeness (QED) is 0.465. The zero-order valence-corrected chi connectivity index (χ0v) is 11.6. The van der Waals surface area contributed by atoms with Crippen LogP contribution in [0.5, 0.6) is 0 Å². The molecule has 0 aliphatic heterocycles. The van der Waals surface area contributed by atoms with Crippen LogP contribution in [0.15, 0.2) is 0 Å². The number of carbonyl (C=O) groups excluding carboxylic acids is 1. The smallest absolute Gasteiger partial charge is 0.198 e. The van der Waals surface area contributed by atoms with Gasteiger partial charge in [0.1, 0.15) is 0 Å². The summed E-state index contributed by atoms with van der Waals surface area (Å²) in [6, 6.07) is 0. The lowest BCUT2D eigenvalue weighted by atomic mass is 10.1. The van der Waals surface area contributed by atoms with E-state index in [0.717, 1.165) is 25.9 Å². The van der Waals surface area contributed by atoms with E-state index in [1.54, 1.807) is 0 Å². The lowest BCUT2D eigenvalue weighted by Gasteiger charge is -2.04. The number of hydrogen-bond donors (Lipinski definition) is 1. The van der Waals surface area contributed by atoms with E-state index in [0.29, 0.717) is 6.42 Å². The molecule has 0 aromatic rings. The summed E-state index contributed by atoms with van der Waals surface area (Å²) in [4.78, 5) is 9.97. The largest absolute Gasteiger partial charge is 0.317 e. The highest BCUT2D eigenvalue weighted by atomic mass is 16.1. The summed E-state index contributed by atoms with van der Waals surface area (Å²) in [5.41, 5.74) is 0. The molecule has 0 rings (SSSR count). The van der Waals surface area contributed by atoms with Gasteiger partial charge in [0.2, 0.25) is 0 Å². The fourth-order valence-corrected chi connectivity index (χ4v) is 1.96. The molecule has 2 heteroatoms. The maximum absolute atomic E-state index is 9.97. The molecule has 0 aromatic heterocycles. The molecule has 0 aliphatic rings. The number of rotatable bonds is 14. The first-order valence-electron chi connectivity index (χ1n) is 7.47. The van der Waals surface area contributed by atoms with Gasteiger partial charge in [-0.1, -0.05) is 51.9 Å². The summed E-state index contributed by atoms with van der Waals surface area (Å²) in [6.45, 7) is 4.53. The monoisotopic (exact) mass is 240 g/mol. The van der Waals surface area contributed by atoms with Gasteiger partial charge in [-0.25, -0.2) is 0 Å². The molecule has 0 atom stereocenters. The average Bonchev–Trinajstić information content (AvgIpc) is 2.35. The van der Waals surface area contributed by atoms with Crippen molar-refractivity contribution >= 4 is 6.29 Å². The highest BCUT2D eigenvalue weighted by Gasteiger charge is 1.92. The molecule has 0 saturated carbocycles. The summed E-state index contributed by atoms with van der Waals surface area (Å²) in [5.74, 6) is 0. The molecule has 1 N–H and O–H groups in total. The van der Waals surface area contributed by atoms with Gasteiger partial charge in [0, 0.05) is 6.42 Å². The van der Waals surface area contributed by atoms with Crippen molar-refractivity contribution in [2.24, 2.45) is 0 Å². The second kappa shape index (κ2) is 15.6. The first kappa shape index (κ1) is 16.6. The number of nitrogens with one attached hydrogen (secondary N) is 1. The van der Waals surface area contributed by atoms with Crippen LogP contribution in [0.4, 0.5) is 0 Å². The van der Waals surface area contributed by atoms with E-state index < -0.39 is 0 Å². The third kappa shape index (κ3) is 15.6. The molecule has 2 nitrogen and oxygen atoms in total. The molecular formula is C15H30NO. The molecule has 1 radical (unpaired) electrons. The third-order valence-corrected chi connectivity index (χ3v) is 3.09. The molecular weight excluding hydrogens is 210 g/mol. The Morgan fingerprint density at radius 3 is 1.88 bits per heavy atom. The van der Waals surface area contributed by atoms with Crippen molar-refractivity contribution in [1.29, 1.82) is 0 Å². The molecule has 0 aromatic carbocycles. The molecule has 101 valence electrons. The fourth-order valence-electron chi connectivity index (χ4n) is 1.96. The van der Waals surface area contributed by atoms with Crippen molar-refractivity contribution in [3.8, 4) is 0 Å². The maximum Gasteiger partial charge on any atom is 0.198 e. The van der Waals surface area contributed by atoms with Crippen LogP contribution in [0.2, 0.25) is 0 Å². The third-order valence-electron chi connectivity index (χ3n) is 3.09. The van der Waals surface area contributed by atoms with Crippen LogP contribution in [0, 0.1) is 0 Å². The first-order chi connectivity index (χ1) is 8.41. The van der Waals surface area contributed by atoms with Crippen LogP contribution < -0.4 is 5.32 Å². The van der Waals surface area contributed by atoms with E-state index in [-0.39, 0.29) is 0 Å². The standard InChI is InChI=1S/C15H30NO/c1-2-3-4-5-6-7-10-13-16-14-11-8-9-12-15-17/h16H,2-14H2,1H3. The van der Waals surface area contributed by atoms with Crippen LogP contribution in [-0.4, -0.2) is 19.4 Å². The SMILES string of the molecule is CCCCCCCCCNCCCCC[C]=O. The maximum atomic E-state index is 9.97. The number of hydrogen-bond acceptors (Lipinski definition) is 2. The lowest BCUT2D eigenvalue weighted by Crippen LogP contribution is -2.16. The summed E-state index contributed by atoms with van der Waals surface area (Å²) in [5, 5.41) is 3.47. The van der Waals surface area contributed by atoms with Crippen molar-refractivity contribution in [3.63, 3.8) is 0 Å². The van der Waals surface area contributed by atoms with Gasteiger partial charge >= 0.3 is 0 Å². The number of unbranched alkanes of at least 4 members (excludes halogenated alkanes) is 9. The van der Waals surface area contributed by atoms with E-state index in [1.807, 2.05) is 6.29 Å². The summed E-state index contributed by atoms with van der Waals surface area (Å²) in [6.07, 6.45) is 15.5. The average molecular weight is 240 g/mol. The van der Waals surface area contributed by atoms with Crippen molar-refractivity contribution in [3.05, 3.63) is 0 Å². The van der Waals surface area contributed by atoms with Crippen molar-refractivity contribution in [1.82, 2.24) is 5.32 Å². The Morgan fingerprint density at radius 2 is 1.29 bits per heavy atom. The van der Waals surface area contributed by atoms with Crippen molar-refractivity contribution < 1.29 is 4.79 Å². The van der Waals surface area contributed by atoms with E-state index >= 15 is 0 Å². The van der Waals surface area contributed by atoms with Gasteiger partial charge in [-0.15, -0.1) is 0 Å². The molecule has 0 unspecified atom stereocenters. The molecule has 0 amide bonds. The Hall–Kier alpha value is -0.370. The van der Waals surface area contributed by atoms with Crippen LogP contribution in [0.1, 0.15) is 77.6 Å². The van der Waals surface area contributed by atoms with Crippen molar-refractivity contribution in [2.45, 2.75) is 77.6 Å². The first-order valence-corrected chi connectivity index (χ1v) is 7.47. The predicted molar refractivity (Wildman–Crippen MR) is 75.0 cm³/mol. The predicted octanol–water partition coefficient (Wildman–Crippen LogP) is 4.00. The Balaban J connectivity index is 2.87. The molecule has 0 heterocycles. The molecule has 17 heavy (non-hydrogen) atoms. The van der Waals surface area contributed by atoms with E-state index in [2.05, 4.69) is 12.2 Å². The molecule has 0 bridgehead atoms. The van der Waals surface area contributed by atoms with Gasteiger partial charge in [-0.05, 0) is 32.4 Å². The zero-order chi connectivity index (χ0) is 12.6. The summed E-state index contributed by atoms with van der Waals surface area (Å²) < 4.78 is 0. The zero-order valence-electron chi connectivity index (χ0n) is 11.6. The van der Waals surface area contributed by atoms with Crippen LogP contribution in [0.25, 0.3) is 0 Å². The van der Waals surface area contributed by atoms with E-state index in [9.17, 15) is 4.79 Å². The second-order valence-corrected chi connectivity index (χ2v) is 4.83. The van der Waals surface area contributed by atoms with Gasteiger partial charge in [0.05, 0.1) is 0 Å². The minimum absolute atomic E-state index is 0.609. The van der Waals surface area contributed by atoms with Crippen LogP contribution in [0.3, 0.4) is 0 Å². The van der Waals surface area contributed by atoms with Crippen molar-refractivity contribution in [2.75, 3.05) is 13.1 Å². The Labute approximate surface area is 108 Å². The Morgan fingerprint density at radius 1 is 0.765 bits per heavy atom. The van der Waals surface area contributed by atoms with Gasteiger partial charge in [-0.3, -0.25) is 4.79 Å². The molecule has 0 aliphatic carbocycles. The minimum Gasteiger partial charge on any atom is -0.317 e. The fraction of sp³-hybridized carbons (Fsp3) is 0.933. The summed E-state index contributed by atoms with van der Waals surface area (Å²) >= 11 is 0. The van der Waals surface area contributed by atoms with Gasteiger partial charge in [0.25, 0.3) is 0 Å². The molecule has 0 fully saturated rings. The lowest BCUT2D eigenvalue weighted by molar-refractivity contribution is 0.536. The highest BCUT2D eigenvalue weighted by molar-refractivity contribution is 5.50. The Kier molecular flexibility index (Phi) is 15.3. The normalized spacial score (nSPS) is 10.6. The topological polar surface area (TPSA) is 29.1 Å². The molecule has 0 saturated heterocycles. The highest BCUT2D eigenvalue weighted by Crippen LogP contribution is 2.06. The second-order valence-electron chi connectivity index (χ2n) is 4.83. The van der Waals surface area contributed by atoms with E-state index in [4.69, 9.17) is 0 Å². The molecule has 0 spiro atoms. The van der Waals surface area contributed by atoms with Crippen LogP contribution in [-0.2, 0) is 4.79 Å². The van der Waals surface area contributed by atoms with Gasteiger partial charge < -0.3 is 5.32 Å². The van der Waals surface area contributed by atoms with E-state index in [1.165, 1.54) is 51.4 Å².